The molecule has 134 valence electrons. The van der Waals surface area contributed by atoms with Gasteiger partial charge in [0.25, 0.3) is 5.91 Å². The largest absolute Gasteiger partial charge is 0.480 e. The lowest BCUT2D eigenvalue weighted by molar-refractivity contribution is -0.143. The molecular weight excluding hydrogens is 322 g/mol. The summed E-state index contributed by atoms with van der Waals surface area (Å²) in [6.45, 7) is 3.18. The molecule has 0 bridgehead atoms. The highest BCUT2D eigenvalue weighted by atomic mass is 16.4. The van der Waals surface area contributed by atoms with E-state index in [4.69, 9.17) is 0 Å². The van der Waals surface area contributed by atoms with Gasteiger partial charge in [0.2, 0.25) is 0 Å². The van der Waals surface area contributed by atoms with Gasteiger partial charge in [-0.25, -0.2) is 9.59 Å². The standard InChI is InChI=1S/C18H23N3O4/c1-3-18(2,16(23)24)20-15(22)11-8-9-14-13(10-11)19-17(25)21(14)12-6-4-5-7-12/h8-10,12H,3-7H2,1-2H3,(H,19,25)(H,20,22)(H,23,24). The van der Waals surface area contributed by atoms with Crippen molar-refractivity contribution in [1.82, 2.24) is 14.9 Å². The van der Waals surface area contributed by atoms with Crippen molar-refractivity contribution in [3.05, 3.63) is 34.2 Å². The number of carbonyl (C=O) groups excluding carboxylic acids is 1. The van der Waals surface area contributed by atoms with Crippen LogP contribution in [0.15, 0.2) is 23.0 Å². The van der Waals surface area contributed by atoms with E-state index in [1.54, 1.807) is 29.7 Å². The van der Waals surface area contributed by atoms with Gasteiger partial charge in [0.1, 0.15) is 5.54 Å². The minimum atomic E-state index is -1.32. The van der Waals surface area contributed by atoms with Crippen molar-refractivity contribution in [2.75, 3.05) is 0 Å². The second-order valence-electron chi connectivity index (χ2n) is 6.92. The summed E-state index contributed by atoms with van der Waals surface area (Å²) < 4.78 is 1.78. The van der Waals surface area contributed by atoms with E-state index in [0.717, 1.165) is 31.2 Å². The maximum atomic E-state index is 12.4. The Balaban J connectivity index is 1.93. The molecule has 1 fully saturated rings. The number of nitrogens with one attached hydrogen (secondary N) is 2. The molecule has 3 rings (SSSR count). The first-order chi connectivity index (χ1) is 11.9. The second-order valence-corrected chi connectivity index (χ2v) is 6.92. The van der Waals surface area contributed by atoms with Crippen molar-refractivity contribution >= 4 is 22.9 Å². The molecule has 7 nitrogen and oxygen atoms in total. The molecule has 2 aromatic rings. The first-order valence-corrected chi connectivity index (χ1v) is 8.66. The lowest BCUT2D eigenvalue weighted by Crippen LogP contribution is -2.51. The maximum Gasteiger partial charge on any atom is 0.329 e. The maximum absolute atomic E-state index is 12.4. The Labute approximate surface area is 145 Å². The number of hydrogen-bond donors (Lipinski definition) is 3. The highest BCUT2D eigenvalue weighted by molar-refractivity contribution is 6.00. The summed E-state index contributed by atoms with van der Waals surface area (Å²) in [5.41, 5.74) is 0.217. The highest BCUT2D eigenvalue weighted by Crippen LogP contribution is 2.30. The van der Waals surface area contributed by atoms with Crippen molar-refractivity contribution in [3.8, 4) is 0 Å². The smallest absolute Gasteiger partial charge is 0.329 e. The topological polar surface area (TPSA) is 104 Å². The number of nitrogens with zero attached hydrogens (tertiary/aromatic N) is 1. The Hall–Kier alpha value is -2.57. The number of fused-ring (bicyclic) bond motifs is 1. The van der Waals surface area contributed by atoms with Crippen molar-refractivity contribution in [3.63, 3.8) is 0 Å². The molecule has 7 heteroatoms. The van der Waals surface area contributed by atoms with Gasteiger partial charge >= 0.3 is 11.7 Å². The number of benzene rings is 1. The molecule has 25 heavy (non-hydrogen) atoms. The summed E-state index contributed by atoms with van der Waals surface area (Å²) in [5, 5.41) is 11.9. The molecule has 1 aromatic heterocycles. The number of rotatable bonds is 5. The van der Waals surface area contributed by atoms with E-state index in [1.807, 2.05) is 0 Å². The Morgan fingerprint density at radius 3 is 2.64 bits per heavy atom. The SMILES string of the molecule is CCC(C)(NC(=O)c1ccc2c(c1)[nH]c(=O)n2C1CCCC1)C(=O)O. The van der Waals surface area contributed by atoms with Crippen LogP contribution in [0.3, 0.4) is 0 Å². The first kappa shape index (κ1) is 17.3. The fraction of sp³-hybridized carbons (Fsp3) is 0.500. The number of carboxylic acid groups (broad SMARTS) is 1. The molecule has 0 radical (unpaired) electrons. The monoisotopic (exact) mass is 345 g/mol. The van der Waals surface area contributed by atoms with Crippen LogP contribution in [-0.4, -0.2) is 32.1 Å². The molecular formula is C18H23N3O4. The third kappa shape index (κ3) is 3.06. The van der Waals surface area contributed by atoms with Crippen LogP contribution in [0.4, 0.5) is 0 Å². The summed E-state index contributed by atoms with van der Waals surface area (Å²) in [5.74, 6) is -1.55. The summed E-state index contributed by atoms with van der Waals surface area (Å²) >= 11 is 0. The van der Waals surface area contributed by atoms with E-state index in [-0.39, 0.29) is 18.2 Å². The average molecular weight is 345 g/mol. The predicted molar refractivity (Wildman–Crippen MR) is 93.9 cm³/mol. The van der Waals surface area contributed by atoms with Crippen LogP contribution in [-0.2, 0) is 4.79 Å². The van der Waals surface area contributed by atoms with Gasteiger partial charge in [0.05, 0.1) is 11.0 Å². The van der Waals surface area contributed by atoms with Crippen LogP contribution in [0, 0.1) is 0 Å². The molecule has 1 amide bonds. The van der Waals surface area contributed by atoms with E-state index in [1.165, 1.54) is 6.92 Å². The van der Waals surface area contributed by atoms with Crippen LogP contribution >= 0.6 is 0 Å². The number of aromatic nitrogens is 2. The third-order valence-electron chi connectivity index (χ3n) is 5.24. The van der Waals surface area contributed by atoms with Gasteiger partial charge in [0.15, 0.2) is 0 Å². The van der Waals surface area contributed by atoms with Gasteiger partial charge < -0.3 is 15.4 Å². The summed E-state index contributed by atoms with van der Waals surface area (Å²) in [6, 6.07) is 5.20. The van der Waals surface area contributed by atoms with Crippen LogP contribution in [0.1, 0.15) is 62.4 Å². The Morgan fingerprint density at radius 1 is 1.36 bits per heavy atom. The van der Waals surface area contributed by atoms with Gasteiger partial charge in [0, 0.05) is 11.6 Å². The molecule has 1 aromatic carbocycles. The van der Waals surface area contributed by atoms with Crippen LogP contribution in [0.5, 0.6) is 0 Å². The highest BCUT2D eigenvalue weighted by Gasteiger charge is 2.33. The summed E-state index contributed by atoms with van der Waals surface area (Å²) in [4.78, 5) is 38.9. The molecule has 1 aliphatic rings. The minimum absolute atomic E-state index is 0.164. The molecule has 3 N–H and O–H groups in total. The molecule has 1 unspecified atom stereocenters. The number of hydrogen-bond acceptors (Lipinski definition) is 3. The predicted octanol–water partition coefficient (Wildman–Crippen LogP) is 2.43. The molecule has 0 aliphatic heterocycles. The number of carbonyl (C=O) groups is 2. The number of aliphatic carboxylic acids is 1. The van der Waals surface area contributed by atoms with Gasteiger partial charge in [-0.15, -0.1) is 0 Å². The van der Waals surface area contributed by atoms with Crippen LogP contribution in [0.2, 0.25) is 0 Å². The minimum Gasteiger partial charge on any atom is -0.480 e. The van der Waals surface area contributed by atoms with Gasteiger partial charge in [-0.05, 0) is 44.4 Å². The lowest BCUT2D eigenvalue weighted by atomic mass is 9.98. The summed E-state index contributed by atoms with van der Waals surface area (Å²) in [7, 11) is 0. The zero-order valence-electron chi connectivity index (χ0n) is 14.5. The van der Waals surface area contributed by atoms with Crippen LogP contribution in [0.25, 0.3) is 11.0 Å². The van der Waals surface area contributed by atoms with E-state index in [9.17, 15) is 19.5 Å². The first-order valence-electron chi connectivity index (χ1n) is 8.66. The Bertz CT molecular complexity index is 876. The summed E-state index contributed by atoms with van der Waals surface area (Å²) in [6.07, 6.45) is 4.49. The zero-order chi connectivity index (χ0) is 18.2. The van der Waals surface area contributed by atoms with Crippen molar-refractivity contribution in [2.24, 2.45) is 0 Å². The fourth-order valence-electron chi connectivity index (χ4n) is 3.41. The molecule has 0 spiro atoms. The molecule has 0 saturated heterocycles. The number of imidazole rings is 1. The van der Waals surface area contributed by atoms with E-state index >= 15 is 0 Å². The van der Waals surface area contributed by atoms with Crippen molar-refractivity contribution < 1.29 is 14.7 Å². The average Bonchev–Trinajstić information content (AvgIpc) is 3.19. The van der Waals surface area contributed by atoms with Crippen molar-refractivity contribution in [1.29, 1.82) is 0 Å². The van der Waals surface area contributed by atoms with Crippen molar-refractivity contribution in [2.45, 2.75) is 57.5 Å². The van der Waals surface area contributed by atoms with Crippen LogP contribution < -0.4 is 11.0 Å². The number of carboxylic acids is 1. The molecule has 1 atom stereocenters. The van der Waals surface area contributed by atoms with E-state index in [0.29, 0.717) is 11.1 Å². The zero-order valence-corrected chi connectivity index (χ0v) is 14.5. The normalized spacial score (nSPS) is 17.5. The molecule has 1 aliphatic carbocycles. The van der Waals surface area contributed by atoms with E-state index < -0.39 is 17.4 Å². The lowest BCUT2D eigenvalue weighted by Gasteiger charge is -2.24. The van der Waals surface area contributed by atoms with Gasteiger partial charge in [-0.1, -0.05) is 19.8 Å². The van der Waals surface area contributed by atoms with Gasteiger partial charge in [-0.2, -0.15) is 0 Å². The molecule has 1 heterocycles. The Kier molecular flexibility index (Phi) is 4.41. The molecule has 1 saturated carbocycles. The Morgan fingerprint density at radius 2 is 2.04 bits per heavy atom. The third-order valence-corrected chi connectivity index (χ3v) is 5.24. The number of amides is 1. The fourth-order valence-corrected chi connectivity index (χ4v) is 3.41. The number of aromatic amines is 1. The quantitative estimate of drug-likeness (QED) is 0.774. The van der Waals surface area contributed by atoms with Gasteiger partial charge in [-0.3, -0.25) is 9.36 Å². The second kappa shape index (κ2) is 6.38. The number of H-pyrrole nitrogens is 1. The van der Waals surface area contributed by atoms with E-state index in [2.05, 4.69) is 10.3 Å².